The highest BCUT2D eigenvalue weighted by Crippen LogP contribution is 2.26. The molecule has 106 valence electrons. The third kappa shape index (κ3) is 3.45. The van der Waals surface area contributed by atoms with Gasteiger partial charge in [-0.25, -0.2) is 4.98 Å². The molecule has 4 heteroatoms. The van der Waals surface area contributed by atoms with Gasteiger partial charge in [0, 0.05) is 24.3 Å². The third-order valence-corrected chi connectivity index (χ3v) is 3.85. The predicted octanol–water partition coefficient (Wildman–Crippen LogP) is 1.75. The van der Waals surface area contributed by atoms with Crippen molar-refractivity contribution in [2.24, 2.45) is 5.73 Å². The van der Waals surface area contributed by atoms with Gasteiger partial charge in [-0.15, -0.1) is 0 Å². The van der Waals surface area contributed by atoms with E-state index in [9.17, 15) is 0 Å². The molecule has 0 aliphatic heterocycles. The van der Waals surface area contributed by atoms with Crippen LogP contribution in [0.3, 0.4) is 0 Å². The van der Waals surface area contributed by atoms with Crippen LogP contribution in [0.15, 0.2) is 6.07 Å². The normalized spacial score (nSPS) is 13.9. The summed E-state index contributed by atoms with van der Waals surface area (Å²) < 4.78 is 5.85. The molecule has 2 rings (SSSR count). The van der Waals surface area contributed by atoms with Gasteiger partial charge in [0.1, 0.15) is 6.61 Å². The lowest BCUT2D eigenvalue weighted by molar-refractivity contribution is 0.216. The van der Waals surface area contributed by atoms with E-state index in [0.717, 1.165) is 43.9 Å². The van der Waals surface area contributed by atoms with Crippen molar-refractivity contribution < 1.29 is 4.74 Å². The minimum Gasteiger partial charge on any atom is -0.476 e. The number of hydrogen-bond acceptors (Lipinski definition) is 4. The van der Waals surface area contributed by atoms with Crippen LogP contribution in [0.2, 0.25) is 0 Å². The second kappa shape index (κ2) is 6.87. The summed E-state index contributed by atoms with van der Waals surface area (Å²) in [5.74, 6) is 0.746. The molecule has 0 saturated carbocycles. The summed E-state index contributed by atoms with van der Waals surface area (Å²) >= 11 is 0. The monoisotopic (exact) mass is 263 g/mol. The number of aryl methyl sites for hydroxylation is 2. The van der Waals surface area contributed by atoms with Gasteiger partial charge in [0.25, 0.3) is 0 Å². The zero-order valence-corrected chi connectivity index (χ0v) is 12.1. The Morgan fingerprint density at radius 2 is 2.11 bits per heavy atom. The van der Waals surface area contributed by atoms with Gasteiger partial charge in [0.2, 0.25) is 5.88 Å². The Morgan fingerprint density at radius 1 is 1.32 bits per heavy atom. The molecular weight excluding hydrogens is 238 g/mol. The Hall–Kier alpha value is -1.13. The molecule has 1 aromatic heterocycles. The van der Waals surface area contributed by atoms with Crippen molar-refractivity contribution in [3.05, 3.63) is 22.9 Å². The number of hydrogen-bond donors (Lipinski definition) is 1. The Bertz CT molecular complexity index is 416. The van der Waals surface area contributed by atoms with Crippen LogP contribution < -0.4 is 10.5 Å². The number of pyridine rings is 1. The molecule has 0 radical (unpaired) electrons. The van der Waals surface area contributed by atoms with Crippen LogP contribution in [0.5, 0.6) is 5.88 Å². The molecule has 0 atom stereocenters. The molecule has 4 nitrogen and oxygen atoms in total. The molecular formula is C15H25N3O. The average Bonchev–Trinajstić information content (AvgIpc) is 2.89. The number of nitrogens with two attached hydrogens (primary N) is 1. The quantitative estimate of drug-likeness (QED) is 0.814. The van der Waals surface area contributed by atoms with Gasteiger partial charge in [-0.05, 0) is 44.0 Å². The van der Waals surface area contributed by atoms with E-state index in [2.05, 4.69) is 29.8 Å². The highest BCUT2D eigenvalue weighted by atomic mass is 16.5. The third-order valence-electron chi connectivity index (χ3n) is 3.85. The second-order valence-electron chi connectivity index (χ2n) is 4.99. The molecule has 0 fully saturated rings. The minimum absolute atomic E-state index is 0.501. The second-order valence-corrected chi connectivity index (χ2v) is 4.99. The number of ether oxygens (including phenoxy) is 1. The van der Waals surface area contributed by atoms with E-state index in [1.54, 1.807) is 0 Å². The first-order chi connectivity index (χ1) is 9.28. The number of likely N-dealkylation sites (N-methyl/N-ethyl adjacent to an activating group) is 1. The highest BCUT2D eigenvalue weighted by molar-refractivity contribution is 5.36. The van der Waals surface area contributed by atoms with Gasteiger partial charge < -0.3 is 15.4 Å². The van der Waals surface area contributed by atoms with Crippen molar-refractivity contribution in [3.63, 3.8) is 0 Å². The molecule has 0 saturated heterocycles. The standard InChI is InChI=1S/C15H25N3O/c1-3-18(4-2)8-9-19-15-13(11-16)10-12-6-5-7-14(12)17-15/h10H,3-9,11,16H2,1-2H3. The highest BCUT2D eigenvalue weighted by Gasteiger charge is 2.16. The van der Waals surface area contributed by atoms with Gasteiger partial charge in [0.15, 0.2) is 0 Å². The van der Waals surface area contributed by atoms with E-state index < -0.39 is 0 Å². The van der Waals surface area contributed by atoms with Crippen molar-refractivity contribution in [1.82, 2.24) is 9.88 Å². The predicted molar refractivity (Wildman–Crippen MR) is 77.4 cm³/mol. The average molecular weight is 263 g/mol. The van der Waals surface area contributed by atoms with E-state index in [-0.39, 0.29) is 0 Å². The van der Waals surface area contributed by atoms with Crippen LogP contribution in [0, 0.1) is 0 Å². The molecule has 0 amide bonds. The van der Waals surface area contributed by atoms with E-state index >= 15 is 0 Å². The van der Waals surface area contributed by atoms with Gasteiger partial charge in [-0.2, -0.15) is 0 Å². The first-order valence-corrected chi connectivity index (χ1v) is 7.35. The molecule has 1 aliphatic carbocycles. The fourth-order valence-corrected chi connectivity index (χ4v) is 2.58. The van der Waals surface area contributed by atoms with Gasteiger partial charge in [-0.1, -0.05) is 13.8 Å². The number of nitrogens with zero attached hydrogens (tertiary/aromatic N) is 2. The molecule has 0 spiro atoms. The lowest BCUT2D eigenvalue weighted by Crippen LogP contribution is -2.28. The van der Waals surface area contributed by atoms with Crippen LogP contribution in [0.4, 0.5) is 0 Å². The summed E-state index contributed by atoms with van der Waals surface area (Å²) in [5.41, 5.74) is 9.40. The van der Waals surface area contributed by atoms with Crippen LogP contribution in [-0.4, -0.2) is 36.1 Å². The molecule has 19 heavy (non-hydrogen) atoms. The summed E-state index contributed by atoms with van der Waals surface area (Å²) in [5, 5.41) is 0. The van der Waals surface area contributed by atoms with E-state index in [4.69, 9.17) is 10.5 Å². The number of aromatic nitrogens is 1. The summed E-state index contributed by atoms with van der Waals surface area (Å²) in [6.07, 6.45) is 3.41. The minimum atomic E-state index is 0.501. The smallest absolute Gasteiger partial charge is 0.218 e. The maximum Gasteiger partial charge on any atom is 0.218 e. The summed E-state index contributed by atoms with van der Waals surface area (Å²) in [6, 6.07) is 2.18. The summed E-state index contributed by atoms with van der Waals surface area (Å²) in [4.78, 5) is 6.99. The molecule has 1 aromatic rings. The van der Waals surface area contributed by atoms with Crippen molar-refractivity contribution in [3.8, 4) is 5.88 Å². The fourth-order valence-electron chi connectivity index (χ4n) is 2.58. The molecule has 1 heterocycles. The van der Waals surface area contributed by atoms with Crippen molar-refractivity contribution in [2.75, 3.05) is 26.2 Å². The van der Waals surface area contributed by atoms with Crippen molar-refractivity contribution in [2.45, 2.75) is 39.7 Å². The van der Waals surface area contributed by atoms with Crippen LogP contribution in [0.1, 0.15) is 37.1 Å². The molecule has 0 bridgehead atoms. The molecule has 2 N–H and O–H groups in total. The Labute approximate surface area is 116 Å². The van der Waals surface area contributed by atoms with Crippen LogP contribution >= 0.6 is 0 Å². The van der Waals surface area contributed by atoms with Crippen molar-refractivity contribution in [1.29, 1.82) is 0 Å². The lowest BCUT2D eigenvalue weighted by atomic mass is 10.1. The zero-order chi connectivity index (χ0) is 13.7. The van der Waals surface area contributed by atoms with E-state index in [0.29, 0.717) is 13.2 Å². The van der Waals surface area contributed by atoms with Gasteiger partial charge >= 0.3 is 0 Å². The maximum atomic E-state index is 5.85. The molecule has 0 unspecified atom stereocenters. The molecule has 0 aromatic carbocycles. The van der Waals surface area contributed by atoms with Gasteiger partial charge in [0.05, 0.1) is 0 Å². The SMILES string of the molecule is CCN(CC)CCOc1nc2c(cc1CN)CCC2. The van der Waals surface area contributed by atoms with E-state index in [1.807, 2.05) is 0 Å². The first kappa shape index (κ1) is 14.3. The van der Waals surface area contributed by atoms with Crippen LogP contribution in [0.25, 0.3) is 0 Å². The Kier molecular flexibility index (Phi) is 5.16. The number of fused-ring (bicyclic) bond motifs is 1. The first-order valence-electron chi connectivity index (χ1n) is 7.35. The summed E-state index contributed by atoms with van der Waals surface area (Å²) in [6.45, 7) is 8.57. The van der Waals surface area contributed by atoms with E-state index in [1.165, 1.54) is 17.7 Å². The van der Waals surface area contributed by atoms with Crippen LogP contribution in [-0.2, 0) is 19.4 Å². The van der Waals surface area contributed by atoms with Crippen molar-refractivity contribution >= 4 is 0 Å². The molecule has 1 aliphatic rings. The number of rotatable bonds is 7. The Morgan fingerprint density at radius 3 is 2.79 bits per heavy atom. The Balaban J connectivity index is 1.99. The zero-order valence-electron chi connectivity index (χ0n) is 12.1. The maximum absolute atomic E-state index is 5.85. The summed E-state index contributed by atoms with van der Waals surface area (Å²) in [7, 11) is 0. The van der Waals surface area contributed by atoms with Gasteiger partial charge in [-0.3, -0.25) is 0 Å². The lowest BCUT2D eigenvalue weighted by Gasteiger charge is -2.18. The fraction of sp³-hybridized carbons (Fsp3) is 0.667. The topological polar surface area (TPSA) is 51.4 Å². The largest absolute Gasteiger partial charge is 0.476 e.